The highest BCUT2D eigenvalue weighted by Gasteiger charge is 2.29. The normalized spacial score (nSPS) is 14.4. The van der Waals surface area contributed by atoms with E-state index in [2.05, 4.69) is 26.1 Å². The van der Waals surface area contributed by atoms with Crippen LogP contribution < -0.4 is 10.6 Å². The van der Waals surface area contributed by atoms with Gasteiger partial charge in [-0.2, -0.15) is 0 Å². The van der Waals surface area contributed by atoms with Crippen LogP contribution >= 0.6 is 39.3 Å². The largest absolute Gasteiger partial charge is 0.492 e. The average Bonchev–Trinajstić information content (AvgIpc) is 3.22. The Labute approximate surface area is 140 Å². The molecule has 2 aromatic rings. The molecule has 0 saturated heterocycles. The molecule has 0 radical (unpaired) electrons. The highest BCUT2D eigenvalue weighted by Crippen LogP contribution is 2.39. The van der Waals surface area contributed by atoms with E-state index in [1.165, 1.54) is 11.8 Å². The third kappa shape index (κ3) is 3.64. The molecule has 1 aromatic carbocycles. The maximum atomic E-state index is 5.99. The zero-order valence-corrected chi connectivity index (χ0v) is 14.3. The Morgan fingerprint density at radius 3 is 2.95 bits per heavy atom. The molecular formula is C13H14BrClN4OS. The summed E-state index contributed by atoms with van der Waals surface area (Å²) >= 11 is 10.8. The van der Waals surface area contributed by atoms with Crippen LogP contribution in [0.2, 0.25) is 5.02 Å². The number of hydrogen-bond donors (Lipinski definition) is 1. The number of nitrogens with two attached hydrogens (primary N) is 1. The number of benzene rings is 1. The summed E-state index contributed by atoms with van der Waals surface area (Å²) in [6.07, 6.45) is 2.32. The standard InChI is InChI=1S/C13H14BrClN4OS/c14-10-7-9(15)3-4-11(10)20-5-6-21-13-18-17-12(19(13)16)8-1-2-8/h3-4,7-8H,1-2,5-6,16H2. The van der Waals surface area contributed by atoms with Crippen molar-refractivity contribution in [3.63, 3.8) is 0 Å². The maximum Gasteiger partial charge on any atom is 0.209 e. The van der Waals surface area contributed by atoms with E-state index in [9.17, 15) is 0 Å². The molecule has 1 fully saturated rings. The molecule has 1 heterocycles. The Bertz CT molecular complexity index is 647. The first-order valence-corrected chi connectivity index (χ1v) is 8.72. The molecule has 0 bridgehead atoms. The smallest absolute Gasteiger partial charge is 0.209 e. The lowest BCUT2D eigenvalue weighted by Crippen LogP contribution is -2.14. The van der Waals surface area contributed by atoms with Crippen LogP contribution in [0.25, 0.3) is 0 Å². The lowest BCUT2D eigenvalue weighted by Gasteiger charge is -2.08. The van der Waals surface area contributed by atoms with Gasteiger partial charge in [-0.3, -0.25) is 0 Å². The number of ether oxygens (including phenoxy) is 1. The van der Waals surface area contributed by atoms with E-state index in [-0.39, 0.29) is 0 Å². The van der Waals surface area contributed by atoms with E-state index in [0.717, 1.165) is 39.8 Å². The van der Waals surface area contributed by atoms with E-state index in [1.54, 1.807) is 10.7 Å². The van der Waals surface area contributed by atoms with E-state index in [0.29, 0.717) is 17.5 Å². The number of halogens is 2. The van der Waals surface area contributed by atoms with Crippen LogP contribution in [-0.4, -0.2) is 27.2 Å². The van der Waals surface area contributed by atoms with Gasteiger partial charge in [0.25, 0.3) is 0 Å². The second-order valence-corrected chi connectivity index (χ2v) is 7.11. The van der Waals surface area contributed by atoms with Crippen molar-refractivity contribution in [3.8, 4) is 5.75 Å². The molecule has 0 amide bonds. The monoisotopic (exact) mass is 388 g/mol. The third-order valence-corrected chi connectivity index (χ3v) is 4.86. The molecule has 8 heteroatoms. The molecule has 3 rings (SSSR count). The fraction of sp³-hybridized carbons (Fsp3) is 0.385. The van der Waals surface area contributed by atoms with Crippen LogP contribution in [0.3, 0.4) is 0 Å². The van der Waals surface area contributed by atoms with E-state index < -0.39 is 0 Å². The molecule has 2 N–H and O–H groups in total. The van der Waals surface area contributed by atoms with Gasteiger partial charge in [0.05, 0.1) is 11.1 Å². The molecule has 1 aliphatic rings. The van der Waals surface area contributed by atoms with Gasteiger partial charge in [-0.25, -0.2) is 4.68 Å². The summed E-state index contributed by atoms with van der Waals surface area (Å²) in [6.45, 7) is 0.552. The van der Waals surface area contributed by atoms with Gasteiger partial charge in [0.15, 0.2) is 5.82 Å². The van der Waals surface area contributed by atoms with Gasteiger partial charge in [-0.05, 0) is 47.0 Å². The molecule has 0 unspecified atom stereocenters. The number of nitrogen functional groups attached to an aromatic ring is 1. The SMILES string of the molecule is Nn1c(SCCOc2ccc(Cl)cc2Br)nnc1C1CC1. The Kier molecular flexibility index (Phi) is 4.61. The van der Waals surface area contributed by atoms with Crippen LogP contribution in [0.4, 0.5) is 0 Å². The Morgan fingerprint density at radius 2 is 2.24 bits per heavy atom. The van der Waals surface area contributed by atoms with Crippen molar-refractivity contribution >= 4 is 39.3 Å². The van der Waals surface area contributed by atoms with Crippen LogP contribution in [0.15, 0.2) is 27.8 Å². The topological polar surface area (TPSA) is 66.0 Å². The van der Waals surface area contributed by atoms with Crippen LogP contribution in [-0.2, 0) is 0 Å². The van der Waals surface area contributed by atoms with Crippen LogP contribution in [0.1, 0.15) is 24.6 Å². The first-order chi connectivity index (χ1) is 10.1. The fourth-order valence-corrected chi connectivity index (χ4v) is 3.36. The molecule has 21 heavy (non-hydrogen) atoms. The maximum absolute atomic E-state index is 5.99. The highest BCUT2D eigenvalue weighted by atomic mass is 79.9. The molecule has 0 spiro atoms. The molecule has 1 saturated carbocycles. The highest BCUT2D eigenvalue weighted by molar-refractivity contribution is 9.10. The molecular weight excluding hydrogens is 376 g/mol. The minimum Gasteiger partial charge on any atom is -0.492 e. The molecule has 0 aliphatic heterocycles. The summed E-state index contributed by atoms with van der Waals surface area (Å²) in [7, 11) is 0. The van der Waals surface area contributed by atoms with Gasteiger partial charge in [0.1, 0.15) is 5.75 Å². The van der Waals surface area contributed by atoms with Crippen molar-refractivity contribution in [3.05, 3.63) is 33.5 Å². The summed E-state index contributed by atoms with van der Waals surface area (Å²) in [5.41, 5.74) is 0. The fourth-order valence-electron chi connectivity index (χ4n) is 1.88. The Balaban J connectivity index is 1.50. The average molecular weight is 390 g/mol. The van der Waals surface area contributed by atoms with Gasteiger partial charge in [-0.1, -0.05) is 23.4 Å². The van der Waals surface area contributed by atoms with Crippen molar-refractivity contribution in [1.29, 1.82) is 0 Å². The molecule has 0 atom stereocenters. The third-order valence-electron chi connectivity index (χ3n) is 3.10. The minimum atomic E-state index is 0.498. The summed E-state index contributed by atoms with van der Waals surface area (Å²) in [5.74, 6) is 8.89. The van der Waals surface area contributed by atoms with Gasteiger partial charge in [0.2, 0.25) is 5.16 Å². The van der Waals surface area contributed by atoms with Crippen molar-refractivity contribution in [2.45, 2.75) is 23.9 Å². The molecule has 1 aromatic heterocycles. The number of aromatic nitrogens is 3. The second-order valence-electron chi connectivity index (χ2n) is 4.76. The number of thioether (sulfide) groups is 1. The van der Waals surface area contributed by atoms with Crippen molar-refractivity contribution in [2.24, 2.45) is 0 Å². The lowest BCUT2D eigenvalue weighted by atomic mass is 10.3. The lowest BCUT2D eigenvalue weighted by molar-refractivity contribution is 0.341. The predicted molar refractivity (Wildman–Crippen MR) is 87.5 cm³/mol. The van der Waals surface area contributed by atoms with Gasteiger partial charge in [0, 0.05) is 16.7 Å². The predicted octanol–water partition coefficient (Wildman–Crippen LogP) is 3.46. The number of rotatable bonds is 6. The molecule has 112 valence electrons. The molecule has 5 nitrogen and oxygen atoms in total. The Hall–Kier alpha value is -0.920. The quantitative estimate of drug-likeness (QED) is 0.465. The second kappa shape index (κ2) is 6.46. The van der Waals surface area contributed by atoms with Gasteiger partial charge < -0.3 is 10.6 Å². The minimum absolute atomic E-state index is 0.498. The summed E-state index contributed by atoms with van der Waals surface area (Å²) in [6, 6.07) is 5.45. The van der Waals surface area contributed by atoms with Gasteiger partial charge in [-0.15, -0.1) is 10.2 Å². The van der Waals surface area contributed by atoms with E-state index >= 15 is 0 Å². The summed E-state index contributed by atoms with van der Waals surface area (Å²) < 4.78 is 8.14. The molecule has 1 aliphatic carbocycles. The zero-order chi connectivity index (χ0) is 14.8. The number of nitrogens with zero attached hydrogens (tertiary/aromatic N) is 3. The van der Waals surface area contributed by atoms with Crippen molar-refractivity contribution in [2.75, 3.05) is 18.2 Å². The number of hydrogen-bond acceptors (Lipinski definition) is 5. The van der Waals surface area contributed by atoms with E-state index in [1.807, 2.05) is 12.1 Å². The van der Waals surface area contributed by atoms with Crippen LogP contribution in [0.5, 0.6) is 5.75 Å². The zero-order valence-electron chi connectivity index (χ0n) is 11.1. The first kappa shape index (κ1) is 15.0. The first-order valence-electron chi connectivity index (χ1n) is 6.56. The van der Waals surface area contributed by atoms with Crippen molar-refractivity contribution < 1.29 is 4.74 Å². The van der Waals surface area contributed by atoms with Gasteiger partial charge >= 0.3 is 0 Å². The summed E-state index contributed by atoms with van der Waals surface area (Å²) in [4.78, 5) is 0. The summed E-state index contributed by atoms with van der Waals surface area (Å²) in [5, 5.41) is 9.67. The van der Waals surface area contributed by atoms with E-state index in [4.69, 9.17) is 22.2 Å². The Morgan fingerprint density at radius 1 is 1.43 bits per heavy atom. The van der Waals surface area contributed by atoms with Crippen LogP contribution in [0, 0.1) is 0 Å². The van der Waals surface area contributed by atoms with Crippen molar-refractivity contribution in [1.82, 2.24) is 14.9 Å².